The molecule has 0 aliphatic carbocycles. The lowest BCUT2D eigenvalue weighted by Gasteiger charge is -2.09. The van der Waals surface area contributed by atoms with Crippen LogP contribution in [0.5, 0.6) is 0 Å². The van der Waals surface area contributed by atoms with Gasteiger partial charge in [0.2, 0.25) is 0 Å². The fourth-order valence-corrected chi connectivity index (χ4v) is 2.44. The average molecular weight is 334 g/mol. The summed E-state index contributed by atoms with van der Waals surface area (Å²) in [5.74, 6) is -0.932. The third-order valence-electron chi connectivity index (χ3n) is 3.13. The fraction of sp³-hybridized carbons (Fsp3) is 0.188. The van der Waals surface area contributed by atoms with E-state index in [9.17, 15) is 4.79 Å². The summed E-state index contributed by atoms with van der Waals surface area (Å²) in [7, 11) is 0. The van der Waals surface area contributed by atoms with E-state index >= 15 is 0 Å². The quantitative estimate of drug-likeness (QED) is 0.856. The van der Waals surface area contributed by atoms with E-state index in [1.165, 1.54) is 11.1 Å². The Labute approximate surface area is 126 Å². The van der Waals surface area contributed by atoms with Crippen molar-refractivity contribution in [3.05, 3.63) is 63.6 Å². The number of carbonyl (C=O) groups is 1. The second-order valence-electron chi connectivity index (χ2n) is 4.52. The van der Waals surface area contributed by atoms with Crippen molar-refractivity contribution in [1.82, 2.24) is 0 Å². The number of halogens is 1. The van der Waals surface area contributed by atoms with E-state index in [4.69, 9.17) is 5.11 Å². The minimum absolute atomic E-state index is 0.267. The van der Waals surface area contributed by atoms with Crippen molar-refractivity contribution in [3.8, 4) is 0 Å². The number of benzene rings is 2. The fourth-order valence-electron chi connectivity index (χ4n) is 1.90. The van der Waals surface area contributed by atoms with Crippen molar-refractivity contribution in [2.45, 2.75) is 19.9 Å². The number of hydrogen-bond donors (Lipinski definition) is 2. The van der Waals surface area contributed by atoms with E-state index in [2.05, 4.69) is 52.4 Å². The molecular formula is C16H16BrNO2. The second kappa shape index (κ2) is 6.57. The molecule has 2 aromatic carbocycles. The summed E-state index contributed by atoms with van der Waals surface area (Å²) in [6, 6.07) is 13.6. The monoisotopic (exact) mass is 333 g/mol. The Kier molecular flexibility index (Phi) is 4.79. The van der Waals surface area contributed by atoms with Crippen LogP contribution in [0.15, 0.2) is 46.9 Å². The zero-order valence-corrected chi connectivity index (χ0v) is 12.8. The van der Waals surface area contributed by atoms with Gasteiger partial charge in [-0.1, -0.05) is 31.2 Å². The van der Waals surface area contributed by atoms with Crippen molar-refractivity contribution >= 4 is 27.6 Å². The van der Waals surface area contributed by atoms with Crippen LogP contribution >= 0.6 is 15.9 Å². The molecule has 2 aromatic rings. The van der Waals surface area contributed by atoms with Crippen LogP contribution in [-0.2, 0) is 13.0 Å². The first-order valence-electron chi connectivity index (χ1n) is 6.44. The summed E-state index contributed by atoms with van der Waals surface area (Å²) in [5, 5.41) is 12.2. The van der Waals surface area contributed by atoms with Gasteiger partial charge in [0, 0.05) is 16.7 Å². The molecule has 104 valence electrons. The molecule has 0 radical (unpaired) electrons. The lowest BCUT2D eigenvalue weighted by atomic mass is 10.1. The average Bonchev–Trinajstić information content (AvgIpc) is 2.45. The summed E-state index contributed by atoms with van der Waals surface area (Å²) < 4.78 is 0.580. The van der Waals surface area contributed by atoms with Gasteiger partial charge in [-0.25, -0.2) is 4.79 Å². The Bertz CT molecular complexity index is 608. The molecule has 0 amide bonds. The highest BCUT2D eigenvalue weighted by atomic mass is 79.9. The largest absolute Gasteiger partial charge is 0.478 e. The molecule has 0 saturated carbocycles. The zero-order valence-electron chi connectivity index (χ0n) is 11.2. The number of rotatable bonds is 5. The van der Waals surface area contributed by atoms with Crippen LogP contribution in [0.2, 0.25) is 0 Å². The lowest BCUT2D eigenvalue weighted by molar-refractivity contribution is 0.0696. The molecule has 0 heterocycles. The van der Waals surface area contributed by atoms with E-state index in [0.717, 1.165) is 12.1 Å². The van der Waals surface area contributed by atoms with Gasteiger partial charge in [0.25, 0.3) is 0 Å². The topological polar surface area (TPSA) is 49.3 Å². The summed E-state index contributed by atoms with van der Waals surface area (Å²) in [4.78, 5) is 10.9. The van der Waals surface area contributed by atoms with Gasteiger partial charge < -0.3 is 10.4 Å². The van der Waals surface area contributed by atoms with Crippen LogP contribution in [0.3, 0.4) is 0 Å². The summed E-state index contributed by atoms with van der Waals surface area (Å²) in [6.07, 6.45) is 1.04. The summed E-state index contributed by atoms with van der Waals surface area (Å²) >= 11 is 3.27. The normalized spacial score (nSPS) is 10.3. The van der Waals surface area contributed by atoms with E-state index in [-0.39, 0.29) is 5.56 Å². The van der Waals surface area contributed by atoms with Crippen LogP contribution in [0.1, 0.15) is 28.4 Å². The standard InChI is InChI=1S/C16H16BrNO2/c1-2-11-3-5-12(6-4-11)10-18-13-7-8-14(16(19)20)15(17)9-13/h3-9,18H,2,10H2,1H3,(H,19,20). The van der Waals surface area contributed by atoms with Gasteiger partial charge in [-0.05, 0) is 51.7 Å². The van der Waals surface area contributed by atoms with Gasteiger partial charge in [-0.2, -0.15) is 0 Å². The molecule has 0 aliphatic heterocycles. The number of anilines is 1. The maximum absolute atomic E-state index is 10.9. The Morgan fingerprint density at radius 2 is 1.80 bits per heavy atom. The number of carboxylic acid groups (broad SMARTS) is 1. The van der Waals surface area contributed by atoms with Gasteiger partial charge >= 0.3 is 5.97 Å². The minimum Gasteiger partial charge on any atom is -0.478 e. The molecule has 0 fully saturated rings. The number of nitrogens with one attached hydrogen (secondary N) is 1. The van der Waals surface area contributed by atoms with E-state index in [1.807, 2.05) is 0 Å². The molecule has 0 bridgehead atoms. The van der Waals surface area contributed by atoms with Crippen LogP contribution in [0.4, 0.5) is 5.69 Å². The van der Waals surface area contributed by atoms with Crippen molar-refractivity contribution < 1.29 is 9.90 Å². The predicted octanol–water partition coefficient (Wildman–Crippen LogP) is 4.32. The SMILES string of the molecule is CCc1ccc(CNc2ccc(C(=O)O)c(Br)c2)cc1. The van der Waals surface area contributed by atoms with Crippen LogP contribution in [-0.4, -0.2) is 11.1 Å². The van der Waals surface area contributed by atoms with Crippen molar-refractivity contribution in [2.75, 3.05) is 5.32 Å². The van der Waals surface area contributed by atoms with Gasteiger partial charge in [0.05, 0.1) is 5.56 Å². The first kappa shape index (κ1) is 14.6. The van der Waals surface area contributed by atoms with E-state index in [0.29, 0.717) is 11.0 Å². The third kappa shape index (κ3) is 3.61. The first-order valence-corrected chi connectivity index (χ1v) is 7.24. The molecular weight excluding hydrogens is 318 g/mol. The molecule has 0 atom stereocenters. The van der Waals surface area contributed by atoms with Crippen LogP contribution in [0, 0.1) is 0 Å². The Morgan fingerprint density at radius 1 is 1.15 bits per heavy atom. The third-order valence-corrected chi connectivity index (χ3v) is 3.78. The molecule has 2 rings (SSSR count). The Balaban J connectivity index is 2.03. The number of hydrogen-bond acceptors (Lipinski definition) is 2. The van der Waals surface area contributed by atoms with Crippen molar-refractivity contribution in [1.29, 1.82) is 0 Å². The Hall–Kier alpha value is -1.81. The van der Waals surface area contributed by atoms with Crippen molar-refractivity contribution in [3.63, 3.8) is 0 Å². The molecule has 0 aliphatic rings. The first-order chi connectivity index (χ1) is 9.60. The smallest absolute Gasteiger partial charge is 0.336 e. The maximum atomic E-state index is 10.9. The van der Waals surface area contributed by atoms with E-state index in [1.54, 1.807) is 18.2 Å². The van der Waals surface area contributed by atoms with Crippen LogP contribution in [0.25, 0.3) is 0 Å². The molecule has 0 saturated heterocycles. The zero-order chi connectivity index (χ0) is 14.5. The highest BCUT2D eigenvalue weighted by molar-refractivity contribution is 9.10. The highest BCUT2D eigenvalue weighted by Gasteiger charge is 2.08. The number of aryl methyl sites for hydroxylation is 1. The molecule has 0 unspecified atom stereocenters. The van der Waals surface area contributed by atoms with Gasteiger partial charge in [0.15, 0.2) is 0 Å². The van der Waals surface area contributed by atoms with Gasteiger partial charge in [0.1, 0.15) is 0 Å². The maximum Gasteiger partial charge on any atom is 0.336 e. The van der Waals surface area contributed by atoms with Gasteiger partial charge in [-0.3, -0.25) is 0 Å². The molecule has 2 N–H and O–H groups in total. The second-order valence-corrected chi connectivity index (χ2v) is 5.38. The Morgan fingerprint density at radius 3 is 2.35 bits per heavy atom. The lowest BCUT2D eigenvalue weighted by Crippen LogP contribution is -2.02. The predicted molar refractivity (Wildman–Crippen MR) is 84.2 cm³/mol. The highest BCUT2D eigenvalue weighted by Crippen LogP contribution is 2.22. The number of carboxylic acids is 1. The van der Waals surface area contributed by atoms with E-state index < -0.39 is 5.97 Å². The molecule has 20 heavy (non-hydrogen) atoms. The number of aromatic carboxylic acids is 1. The summed E-state index contributed by atoms with van der Waals surface area (Å²) in [5.41, 5.74) is 3.67. The molecule has 0 aromatic heterocycles. The summed E-state index contributed by atoms with van der Waals surface area (Å²) in [6.45, 7) is 2.84. The molecule has 3 nitrogen and oxygen atoms in total. The molecule has 0 spiro atoms. The van der Waals surface area contributed by atoms with Gasteiger partial charge in [-0.15, -0.1) is 0 Å². The molecule has 4 heteroatoms. The van der Waals surface area contributed by atoms with Crippen molar-refractivity contribution in [2.24, 2.45) is 0 Å². The minimum atomic E-state index is -0.932. The van der Waals surface area contributed by atoms with Crippen LogP contribution < -0.4 is 5.32 Å².